The van der Waals surface area contributed by atoms with Crippen molar-refractivity contribution in [2.75, 3.05) is 31.1 Å². The summed E-state index contributed by atoms with van der Waals surface area (Å²) >= 11 is 2.62. The molecule has 1 N–H and O–H groups in total. The zero-order valence-corrected chi connectivity index (χ0v) is 12.7. The molecule has 1 fully saturated rings. The van der Waals surface area contributed by atoms with Crippen molar-refractivity contribution in [3.63, 3.8) is 0 Å². The molecular formula is C13H13N3O3S2. The van der Waals surface area contributed by atoms with Crippen LogP contribution in [0.3, 0.4) is 0 Å². The molecule has 110 valence electrons. The largest absolute Gasteiger partial charge is 0.477 e. The van der Waals surface area contributed by atoms with Gasteiger partial charge in [0.25, 0.3) is 5.91 Å². The van der Waals surface area contributed by atoms with Crippen molar-refractivity contribution in [3.05, 3.63) is 33.5 Å². The lowest BCUT2D eigenvalue weighted by molar-refractivity contribution is 0.0701. The van der Waals surface area contributed by atoms with E-state index in [1.165, 1.54) is 6.07 Å². The van der Waals surface area contributed by atoms with Crippen molar-refractivity contribution in [1.82, 2.24) is 9.88 Å². The van der Waals surface area contributed by atoms with Crippen molar-refractivity contribution < 1.29 is 14.7 Å². The van der Waals surface area contributed by atoms with Gasteiger partial charge in [0.15, 0.2) is 5.13 Å². The fourth-order valence-electron chi connectivity index (χ4n) is 2.20. The number of anilines is 1. The Hall–Kier alpha value is -1.93. The van der Waals surface area contributed by atoms with Crippen molar-refractivity contribution in [2.24, 2.45) is 0 Å². The minimum Gasteiger partial charge on any atom is -0.477 e. The predicted molar refractivity (Wildman–Crippen MR) is 81.5 cm³/mol. The van der Waals surface area contributed by atoms with Gasteiger partial charge in [0.1, 0.15) is 4.88 Å². The molecule has 0 radical (unpaired) electrons. The smallest absolute Gasteiger partial charge is 0.345 e. The second-order valence-electron chi connectivity index (χ2n) is 4.56. The molecule has 2 aromatic rings. The van der Waals surface area contributed by atoms with Crippen LogP contribution in [0.4, 0.5) is 5.13 Å². The van der Waals surface area contributed by atoms with Crippen LogP contribution in [0, 0.1) is 0 Å². The van der Waals surface area contributed by atoms with Gasteiger partial charge in [-0.15, -0.1) is 22.7 Å². The highest BCUT2D eigenvalue weighted by Gasteiger charge is 2.24. The number of piperazine rings is 1. The number of carboxylic acids is 1. The van der Waals surface area contributed by atoms with E-state index in [0.29, 0.717) is 18.0 Å². The second kappa shape index (κ2) is 5.82. The fourth-order valence-corrected chi connectivity index (χ4v) is 3.71. The molecule has 3 heterocycles. The van der Waals surface area contributed by atoms with Gasteiger partial charge < -0.3 is 14.9 Å². The van der Waals surface area contributed by atoms with Gasteiger partial charge in [-0.2, -0.15) is 0 Å². The molecule has 0 aliphatic carbocycles. The van der Waals surface area contributed by atoms with Gasteiger partial charge in [-0.05, 0) is 12.1 Å². The summed E-state index contributed by atoms with van der Waals surface area (Å²) in [6.45, 7) is 2.74. The van der Waals surface area contributed by atoms with Crippen LogP contribution in [0.2, 0.25) is 0 Å². The van der Waals surface area contributed by atoms with E-state index in [1.807, 2.05) is 5.38 Å². The number of aromatic carboxylic acids is 1. The zero-order chi connectivity index (χ0) is 14.8. The average Bonchev–Trinajstić information content (AvgIpc) is 3.18. The van der Waals surface area contributed by atoms with E-state index in [9.17, 15) is 9.59 Å². The molecule has 6 nitrogen and oxygen atoms in total. The van der Waals surface area contributed by atoms with Gasteiger partial charge in [0.05, 0.1) is 4.88 Å². The third kappa shape index (κ3) is 2.91. The minimum absolute atomic E-state index is 0.0914. The van der Waals surface area contributed by atoms with Gasteiger partial charge in [-0.25, -0.2) is 9.78 Å². The first-order chi connectivity index (χ1) is 10.1. The standard InChI is InChI=1S/C13H13N3O3S2/c17-11(9-1-2-10(21-9)12(18)19)15-4-6-16(7-5-15)13-14-3-8-20-13/h1-3,8H,4-7H2,(H,18,19). The van der Waals surface area contributed by atoms with Crippen molar-refractivity contribution >= 4 is 39.7 Å². The molecule has 1 aliphatic rings. The SMILES string of the molecule is O=C(O)c1ccc(C(=O)N2CCN(c3nccs3)CC2)s1. The van der Waals surface area contributed by atoms with Crippen LogP contribution in [0.25, 0.3) is 0 Å². The molecule has 0 aromatic carbocycles. The molecule has 0 atom stereocenters. The third-order valence-electron chi connectivity index (χ3n) is 3.28. The fraction of sp³-hybridized carbons (Fsp3) is 0.308. The van der Waals surface area contributed by atoms with Crippen LogP contribution in [-0.4, -0.2) is 53.0 Å². The molecule has 2 aromatic heterocycles. The van der Waals surface area contributed by atoms with Crippen LogP contribution in [0.1, 0.15) is 19.3 Å². The summed E-state index contributed by atoms with van der Waals surface area (Å²) in [4.78, 5) is 32.1. The van der Waals surface area contributed by atoms with Gasteiger partial charge in [0, 0.05) is 37.8 Å². The third-order valence-corrected chi connectivity index (χ3v) is 5.18. The number of rotatable bonds is 3. The van der Waals surface area contributed by atoms with Crippen molar-refractivity contribution in [3.8, 4) is 0 Å². The first kappa shape index (κ1) is 14.0. The molecule has 0 bridgehead atoms. The number of carbonyl (C=O) groups excluding carboxylic acids is 1. The maximum atomic E-state index is 12.3. The van der Waals surface area contributed by atoms with E-state index in [4.69, 9.17) is 5.11 Å². The Morgan fingerprint density at radius 3 is 2.43 bits per heavy atom. The van der Waals surface area contributed by atoms with Crippen molar-refractivity contribution in [2.45, 2.75) is 0 Å². The number of amides is 1. The van der Waals surface area contributed by atoms with E-state index in [-0.39, 0.29) is 10.8 Å². The minimum atomic E-state index is -0.993. The molecule has 0 unspecified atom stereocenters. The highest BCUT2D eigenvalue weighted by Crippen LogP contribution is 2.22. The number of hydrogen-bond donors (Lipinski definition) is 1. The van der Waals surface area contributed by atoms with E-state index in [1.54, 1.807) is 28.5 Å². The highest BCUT2D eigenvalue weighted by atomic mass is 32.1. The van der Waals surface area contributed by atoms with Crippen LogP contribution in [-0.2, 0) is 0 Å². The van der Waals surface area contributed by atoms with E-state index >= 15 is 0 Å². The molecule has 8 heteroatoms. The summed E-state index contributed by atoms with van der Waals surface area (Å²) in [5, 5.41) is 11.8. The Morgan fingerprint density at radius 2 is 1.86 bits per heavy atom. The number of thiazole rings is 1. The molecule has 1 aliphatic heterocycles. The number of carboxylic acid groups (broad SMARTS) is 1. The summed E-state index contributed by atoms with van der Waals surface area (Å²) in [5.41, 5.74) is 0. The summed E-state index contributed by atoms with van der Waals surface area (Å²) in [6.07, 6.45) is 1.77. The first-order valence-electron chi connectivity index (χ1n) is 6.42. The number of thiophene rings is 1. The van der Waals surface area contributed by atoms with Crippen molar-refractivity contribution in [1.29, 1.82) is 0 Å². The zero-order valence-electron chi connectivity index (χ0n) is 11.1. The monoisotopic (exact) mass is 323 g/mol. The maximum Gasteiger partial charge on any atom is 0.345 e. The second-order valence-corrected chi connectivity index (χ2v) is 6.52. The Bertz CT molecular complexity index is 645. The van der Waals surface area contributed by atoms with E-state index in [2.05, 4.69) is 9.88 Å². The van der Waals surface area contributed by atoms with Gasteiger partial charge in [-0.1, -0.05) is 0 Å². The number of hydrogen-bond acceptors (Lipinski definition) is 6. The summed E-state index contributed by atoms with van der Waals surface area (Å²) < 4.78 is 0. The Labute approximate surface area is 129 Å². The summed E-state index contributed by atoms with van der Waals surface area (Å²) in [7, 11) is 0. The Kier molecular flexibility index (Phi) is 3.89. The molecule has 1 saturated heterocycles. The topological polar surface area (TPSA) is 73.7 Å². The normalized spacial score (nSPS) is 15.2. The average molecular weight is 323 g/mol. The van der Waals surface area contributed by atoms with Gasteiger partial charge in [0.2, 0.25) is 0 Å². The lowest BCUT2D eigenvalue weighted by Crippen LogP contribution is -2.48. The molecule has 0 saturated carbocycles. The van der Waals surface area contributed by atoms with Crippen LogP contribution in [0.5, 0.6) is 0 Å². The number of nitrogens with zero attached hydrogens (tertiary/aromatic N) is 3. The van der Waals surface area contributed by atoms with E-state index in [0.717, 1.165) is 29.6 Å². The molecular weight excluding hydrogens is 310 g/mol. The van der Waals surface area contributed by atoms with Crippen LogP contribution >= 0.6 is 22.7 Å². The predicted octanol–water partition coefficient (Wildman–Crippen LogP) is 1.87. The molecule has 3 rings (SSSR count). The van der Waals surface area contributed by atoms with E-state index < -0.39 is 5.97 Å². The molecule has 0 spiro atoms. The highest BCUT2D eigenvalue weighted by molar-refractivity contribution is 7.15. The summed E-state index contributed by atoms with van der Waals surface area (Å²) in [5.74, 6) is -1.08. The first-order valence-corrected chi connectivity index (χ1v) is 8.11. The number of carbonyl (C=O) groups is 2. The maximum absolute atomic E-state index is 12.3. The summed E-state index contributed by atoms with van der Waals surface area (Å²) in [6, 6.07) is 3.07. The molecule has 1 amide bonds. The Balaban J connectivity index is 1.63. The van der Waals surface area contributed by atoms with Crippen LogP contribution in [0.15, 0.2) is 23.7 Å². The Morgan fingerprint density at radius 1 is 1.14 bits per heavy atom. The lowest BCUT2D eigenvalue weighted by Gasteiger charge is -2.34. The van der Waals surface area contributed by atoms with Crippen LogP contribution < -0.4 is 4.90 Å². The van der Waals surface area contributed by atoms with Gasteiger partial charge in [-0.3, -0.25) is 4.79 Å². The number of aromatic nitrogens is 1. The lowest BCUT2D eigenvalue weighted by atomic mass is 10.3. The van der Waals surface area contributed by atoms with Gasteiger partial charge >= 0.3 is 5.97 Å². The quantitative estimate of drug-likeness (QED) is 0.933. The molecule has 21 heavy (non-hydrogen) atoms.